The lowest BCUT2D eigenvalue weighted by Crippen LogP contribution is -2.29. The van der Waals surface area contributed by atoms with E-state index in [-0.39, 0.29) is 11.8 Å². The van der Waals surface area contributed by atoms with Crippen LogP contribution in [0.2, 0.25) is 5.02 Å². The Morgan fingerprint density at radius 2 is 2.00 bits per heavy atom. The molecule has 4 rings (SSSR count). The molecule has 0 bridgehead atoms. The lowest BCUT2D eigenvalue weighted by atomic mass is 9.76. The number of halogens is 1. The van der Waals surface area contributed by atoms with Crippen LogP contribution >= 0.6 is 11.6 Å². The third-order valence-electron chi connectivity index (χ3n) is 5.01. The van der Waals surface area contributed by atoms with Crippen LogP contribution < -0.4 is 5.32 Å². The number of ketones is 1. The van der Waals surface area contributed by atoms with Crippen LogP contribution in [0.15, 0.2) is 54.6 Å². The highest BCUT2D eigenvalue weighted by molar-refractivity contribution is 6.31. The molecule has 1 N–H and O–H groups in total. The van der Waals surface area contributed by atoms with Crippen molar-refractivity contribution in [3.8, 4) is 0 Å². The van der Waals surface area contributed by atoms with Crippen LogP contribution in [0.4, 0.5) is 5.69 Å². The van der Waals surface area contributed by atoms with Gasteiger partial charge in [0.25, 0.3) is 0 Å². The van der Waals surface area contributed by atoms with Crippen LogP contribution in [0.25, 0.3) is 0 Å². The van der Waals surface area contributed by atoms with Gasteiger partial charge in [0.05, 0.1) is 6.04 Å². The van der Waals surface area contributed by atoms with Crippen LogP contribution in [-0.2, 0) is 0 Å². The number of carbonyl (C=O) groups excluding carboxylic acids is 1. The Hall–Kier alpha value is -2.06. The van der Waals surface area contributed by atoms with E-state index in [1.807, 2.05) is 36.4 Å². The van der Waals surface area contributed by atoms with E-state index in [0.29, 0.717) is 11.8 Å². The summed E-state index contributed by atoms with van der Waals surface area (Å²) in [5.74, 6) is 0.885. The average molecular weight is 324 g/mol. The molecule has 0 aromatic heterocycles. The number of anilines is 1. The lowest BCUT2D eigenvalue weighted by Gasteiger charge is -2.38. The minimum absolute atomic E-state index is 0.111. The van der Waals surface area contributed by atoms with E-state index in [1.165, 1.54) is 5.56 Å². The fraction of sp³-hybridized carbons (Fsp3) is 0.250. The topological polar surface area (TPSA) is 29.1 Å². The molecule has 1 aliphatic heterocycles. The number of carbonyl (C=O) groups is 1. The molecule has 0 radical (unpaired) electrons. The van der Waals surface area contributed by atoms with Crippen molar-refractivity contribution in [1.82, 2.24) is 0 Å². The molecule has 2 nitrogen and oxygen atoms in total. The van der Waals surface area contributed by atoms with Crippen molar-refractivity contribution in [1.29, 1.82) is 0 Å². The normalized spacial score (nSPS) is 24.7. The predicted molar refractivity (Wildman–Crippen MR) is 94.3 cm³/mol. The summed E-state index contributed by atoms with van der Waals surface area (Å²) in [7, 11) is 0. The van der Waals surface area contributed by atoms with Gasteiger partial charge in [0.1, 0.15) is 0 Å². The summed E-state index contributed by atoms with van der Waals surface area (Å²) in [6, 6.07) is 14.2. The first-order chi connectivity index (χ1) is 11.1. The summed E-state index contributed by atoms with van der Waals surface area (Å²) in [5, 5.41) is 4.46. The monoisotopic (exact) mass is 323 g/mol. The van der Waals surface area contributed by atoms with Gasteiger partial charge in [-0.3, -0.25) is 4.79 Å². The van der Waals surface area contributed by atoms with Gasteiger partial charge in [0.15, 0.2) is 5.78 Å². The lowest BCUT2D eigenvalue weighted by molar-refractivity contribution is 0.101. The maximum Gasteiger partial charge on any atom is 0.159 e. The second-order valence-electron chi connectivity index (χ2n) is 6.36. The van der Waals surface area contributed by atoms with Gasteiger partial charge in [0.2, 0.25) is 0 Å². The molecule has 3 atom stereocenters. The van der Waals surface area contributed by atoms with Gasteiger partial charge in [-0.25, -0.2) is 0 Å². The van der Waals surface area contributed by atoms with Gasteiger partial charge in [-0.05, 0) is 54.7 Å². The number of rotatable bonds is 2. The van der Waals surface area contributed by atoms with Crippen LogP contribution in [0.1, 0.15) is 46.8 Å². The summed E-state index contributed by atoms with van der Waals surface area (Å²) in [6.45, 7) is 1.62. The van der Waals surface area contributed by atoms with Gasteiger partial charge in [-0.2, -0.15) is 0 Å². The van der Waals surface area contributed by atoms with E-state index >= 15 is 0 Å². The minimum Gasteiger partial charge on any atom is -0.378 e. The van der Waals surface area contributed by atoms with Crippen LogP contribution in [0.3, 0.4) is 0 Å². The minimum atomic E-state index is 0.111. The molecule has 1 aliphatic carbocycles. The van der Waals surface area contributed by atoms with E-state index < -0.39 is 0 Å². The maximum atomic E-state index is 11.7. The molecule has 0 saturated heterocycles. The Kier molecular flexibility index (Phi) is 3.50. The molecule has 1 heterocycles. The first-order valence-electron chi connectivity index (χ1n) is 7.97. The molecule has 2 aromatic carbocycles. The third kappa shape index (κ3) is 2.38. The molecule has 2 aliphatic rings. The Balaban J connectivity index is 1.81. The molecule has 23 heavy (non-hydrogen) atoms. The molecule has 0 spiro atoms. The van der Waals surface area contributed by atoms with Gasteiger partial charge >= 0.3 is 0 Å². The molecule has 116 valence electrons. The second-order valence-corrected chi connectivity index (χ2v) is 6.76. The number of Topliss-reactive ketones (excluding diaryl/α,β-unsaturated/α-hetero) is 1. The highest BCUT2D eigenvalue weighted by atomic mass is 35.5. The van der Waals surface area contributed by atoms with Crippen molar-refractivity contribution < 1.29 is 4.79 Å². The molecule has 2 aromatic rings. The van der Waals surface area contributed by atoms with Crippen LogP contribution in [0, 0.1) is 5.92 Å². The summed E-state index contributed by atoms with van der Waals surface area (Å²) in [6.07, 6.45) is 5.55. The number of fused-ring (bicyclic) bond motifs is 3. The summed E-state index contributed by atoms with van der Waals surface area (Å²) < 4.78 is 0. The quantitative estimate of drug-likeness (QED) is 0.594. The Bertz CT molecular complexity index is 811. The molecule has 0 fully saturated rings. The van der Waals surface area contributed by atoms with Crippen molar-refractivity contribution in [2.24, 2.45) is 5.92 Å². The SMILES string of the molecule is CC(=O)c1ccc2c(c1)C1C=CCC1C(c1ccccc1Cl)N2. The number of hydrogen-bond acceptors (Lipinski definition) is 2. The fourth-order valence-corrected chi connectivity index (χ4v) is 4.10. The van der Waals surface area contributed by atoms with Gasteiger partial charge in [0, 0.05) is 22.2 Å². The molecular formula is C20H18ClNO. The standard InChI is InChI=1S/C20H18ClNO/c1-12(23)13-9-10-19-17(11-13)14-6-4-7-15(14)20(22-19)16-5-2-3-8-18(16)21/h2-6,8-11,14-15,20,22H,7H2,1H3. The van der Waals surface area contributed by atoms with E-state index in [9.17, 15) is 4.79 Å². The molecule has 0 saturated carbocycles. The zero-order chi connectivity index (χ0) is 16.0. The first kappa shape index (κ1) is 14.5. The smallest absolute Gasteiger partial charge is 0.159 e. The Morgan fingerprint density at radius 3 is 2.78 bits per heavy atom. The average Bonchev–Trinajstić information content (AvgIpc) is 3.04. The number of benzene rings is 2. The summed E-state index contributed by atoms with van der Waals surface area (Å²) >= 11 is 6.44. The first-order valence-corrected chi connectivity index (χ1v) is 8.35. The largest absolute Gasteiger partial charge is 0.378 e. The Morgan fingerprint density at radius 1 is 1.17 bits per heavy atom. The number of nitrogens with one attached hydrogen (secondary N) is 1. The summed E-state index contributed by atoms with van der Waals surface area (Å²) in [5.41, 5.74) is 4.25. The van der Waals surface area contributed by atoms with Crippen molar-refractivity contribution in [3.63, 3.8) is 0 Å². The van der Waals surface area contributed by atoms with Crippen molar-refractivity contribution in [3.05, 3.63) is 76.3 Å². The van der Waals surface area contributed by atoms with E-state index in [0.717, 1.165) is 28.3 Å². The molecular weight excluding hydrogens is 306 g/mol. The predicted octanol–water partition coefficient (Wildman–Crippen LogP) is 5.37. The molecule has 3 heteroatoms. The molecule has 0 amide bonds. The number of hydrogen-bond donors (Lipinski definition) is 1. The second kappa shape index (κ2) is 5.54. The fourth-order valence-electron chi connectivity index (χ4n) is 3.85. The zero-order valence-electron chi connectivity index (χ0n) is 12.9. The Labute approximate surface area is 141 Å². The third-order valence-corrected chi connectivity index (χ3v) is 5.35. The summed E-state index contributed by atoms with van der Waals surface area (Å²) in [4.78, 5) is 11.7. The number of allylic oxidation sites excluding steroid dienone is 2. The van der Waals surface area contributed by atoms with Crippen molar-refractivity contribution in [2.45, 2.75) is 25.3 Å². The van der Waals surface area contributed by atoms with Crippen molar-refractivity contribution in [2.75, 3.05) is 5.32 Å². The highest BCUT2D eigenvalue weighted by Crippen LogP contribution is 2.50. The maximum absolute atomic E-state index is 11.7. The van der Waals surface area contributed by atoms with Crippen LogP contribution in [-0.4, -0.2) is 5.78 Å². The van der Waals surface area contributed by atoms with Crippen LogP contribution in [0.5, 0.6) is 0 Å². The van der Waals surface area contributed by atoms with Gasteiger partial charge < -0.3 is 5.32 Å². The van der Waals surface area contributed by atoms with Crippen molar-refractivity contribution >= 4 is 23.1 Å². The van der Waals surface area contributed by atoms with E-state index in [4.69, 9.17) is 11.6 Å². The van der Waals surface area contributed by atoms with E-state index in [2.05, 4.69) is 23.5 Å². The van der Waals surface area contributed by atoms with Gasteiger partial charge in [-0.1, -0.05) is 42.0 Å². The van der Waals surface area contributed by atoms with E-state index in [1.54, 1.807) is 6.92 Å². The molecule has 3 unspecified atom stereocenters. The zero-order valence-corrected chi connectivity index (χ0v) is 13.7. The van der Waals surface area contributed by atoms with Gasteiger partial charge in [-0.15, -0.1) is 0 Å². The highest BCUT2D eigenvalue weighted by Gasteiger charge is 2.38.